The van der Waals surface area contributed by atoms with E-state index in [0.29, 0.717) is 5.92 Å². The van der Waals surface area contributed by atoms with Gasteiger partial charge in [-0.25, -0.2) is 0 Å². The second kappa shape index (κ2) is 3.59. The summed E-state index contributed by atoms with van der Waals surface area (Å²) >= 11 is 1.84. The Morgan fingerprint density at radius 3 is 2.50 bits per heavy atom. The van der Waals surface area contributed by atoms with Gasteiger partial charge in [-0.15, -0.1) is 0 Å². The molecule has 76 valence electrons. The third-order valence-electron chi connectivity index (χ3n) is 3.06. The Hall–Kier alpha value is -0.470. The van der Waals surface area contributed by atoms with Gasteiger partial charge in [-0.2, -0.15) is 11.8 Å². The molecule has 14 heavy (non-hydrogen) atoms. The first-order chi connectivity index (χ1) is 6.63. The number of benzene rings is 1. The summed E-state index contributed by atoms with van der Waals surface area (Å²) in [6.45, 7) is 4.19. The predicted octanol–water partition coefficient (Wildman–Crippen LogP) is 2.57. The molecule has 0 aromatic heterocycles. The van der Waals surface area contributed by atoms with Crippen molar-refractivity contribution in [3.8, 4) is 0 Å². The molecule has 1 N–H and O–H groups in total. The van der Waals surface area contributed by atoms with Crippen molar-refractivity contribution in [1.82, 2.24) is 0 Å². The Morgan fingerprint density at radius 2 is 2.00 bits per heavy atom. The van der Waals surface area contributed by atoms with Gasteiger partial charge in [0, 0.05) is 5.75 Å². The van der Waals surface area contributed by atoms with Crippen LogP contribution in [0.5, 0.6) is 0 Å². The monoisotopic (exact) mass is 208 g/mol. The van der Waals surface area contributed by atoms with Crippen molar-refractivity contribution in [2.24, 2.45) is 5.92 Å². The molecular formula is C12H16OS. The molecule has 0 amide bonds. The van der Waals surface area contributed by atoms with Gasteiger partial charge in [0.25, 0.3) is 0 Å². The van der Waals surface area contributed by atoms with Crippen LogP contribution in [0.25, 0.3) is 0 Å². The minimum atomic E-state index is -0.599. The zero-order valence-corrected chi connectivity index (χ0v) is 9.47. The van der Waals surface area contributed by atoms with E-state index in [-0.39, 0.29) is 0 Å². The first-order valence-electron chi connectivity index (χ1n) is 5.00. The van der Waals surface area contributed by atoms with Crippen LogP contribution in [0.2, 0.25) is 0 Å². The van der Waals surface area contributed by atoms with E-state index in [1.165, 1.54) is 5.56 Å². The van der Waals surface area contributed by atoms with Crippen molar-refractivity contribution in [2.75, 3.05) is 11.5 Å². The van der Waals surface area contributed by atoms with Gasteiger partial charge < -0.3 is 5.11 Å². The highest BCUT2D eigenvalue weighted by Crippen LogP contribution is 2.41. The number of aliphatic hydroxyl groups is 1. The Kier molecular flexibility index (Phi) is 2.58. The summed E-state index contributed by atoms with van der Waals surface area (Å²) in [5.41, 5.74) is 1.72. The van der Waals surface area contributed by atoms with E-state index in [0.717, 1.165) is 17.1 Å². The van der Waals surface area contributed by atoms with Gasteiger partial charge in [0.2, 0.25) is 0 Å². The van der Waals surface area contributed by atoms with E-state index in [4.69, 9.17) is 0 Å². The summed E-state index contributed by atoms with van der Waals surface area (Å²) < 4.78 is 0. The van der Waals surface area contributed by atoms with Crippen LogP contribution >= 0.6 is 11.8 Å². The van der Waals surface area contributed by atoms with Crippen LogP contribution in [0.3, 0.4) is 0 Å². The van der Waals surface area contributed by atoms with Crippen LogP contribution in [0, 0.1) is 12.8 Å². The van der Waals surface area contributed by atoms with Crippen LogP contribution < -0.4 is 0 Å². The highest BCUT2D eigenvalue weighted by Gasteiger charge is 2.40. The van der Waals surface area contributed by atoms with E-state index in [2.05, 4.69) is 38.1 Å². The van der Waals surface area contributed by atoms with E-state index in [1.807, 2.05) is 11.8 Å². The maximum absolute atomic E-state index is 10.5. The van der Waals surface area contributed by atoms with Crippen LogP contribution in [0.15, 0.2) is 24.3 Å². The maximum Gasteiger partial charge on any atom is 0.102 e. The zero-order valence-electron chi connectivity index (χ0n) is 8.66. The van der Waals surface area contributed by atoms with E-state index < -0.39 is 5.60 Å². The predicted molar refractivity (Wildman–Crippen MR) is 61.6 cm³/mol. The minimum absolute atomic E-state index is 0.357. The number of hydrogen-bond donors (Lipinski definition) is 1. The molecule has 0 radical (unpaired) electrons. The minimum Gasteiger partial charge on any atom is -0.384 e. The molecule has 1 saturated heterocycles. The van der Waals surface area contributed by atoms with Gasteiger partial charge in [-0.1, -0.05) is 36.8 Å². The van der Waals surface area contributed by atoms with Crippen molar-refractivity contribution < 1.29 is 5.11 Å². The van der Waals surface area contributed by atoms with Crippen molar-refractivity contribution in [1.29, 1.82) is 0 Å². The lowest BCUT2D eigenvalue weighted by Gasteiger charge is -2.27. The quantitative estimate of drug-likeness (QED) is 0.765. The zero-order chi connectivity index (χ0) is 10.2. The molecule has 2 heteroatoms. The third kappa shape index (κ3) is 1.57. The lowest BCUT2D eigenvalue weighted by atomic mass is 9.85. The molecular weight excluding hydrogens is 192 g/mol. The fourth-order valence-corrected chi connectivity index (χ4v) is 3.39. The molecule has 1 heterocycles. The molecule has 1 aliphatic rings. The van der Waals surface area contributed by atoms with E-state index in [1.54, 1.807) is 0 Å². The summed E-state index contributed by atoms with van der Waals surface area (Å²) in [7, 11) is 0. The average molecular weight is 208 g/mol. The Bertz CT molecular complexity index is 320. The van der Waals surface area contributed by atoms with Crippen LogP contribution in [0.4, 0.5) is 0 Å². The summed E-state index contributed by atoms with van der Waals surface area (Å²) in [6.07, 6.45) is 0. The second-order valence-electron chi connectivity index (χ2n) is 4.21. The second-order valence-corrected chi connectivity index (χ2v) is 5.24. The molecule has 2 atom stereocenters. The molecule has 1 aromatic rings. The van der Waals surface area contributed by atoms with Gasteiger partial charge >= 0.3 is 0 Å². The fourth-order valence-electron chi connectivity index (χ4n) is 1.88. The molecule has 2 rings (SSSR count). The maximum atomic E-state index is 10.5. The lowest BCUT2D eigenvalue weighted by Crippen LogP contribution is -2.32. The standard InChI is InChI=1S/C12H16OS/c1-9-3-5-11(6-4-9)12(13)8-14-7-10(12)2/h3-6,10,13H,7-8H2,1-2H3/t10-,12+/m0/s1. The van der Waals surface area contributed by atoms with Crippen molar-refractivity contribution in [3.63, 3.8) is 0 Å². The third-order valence-corrected chi connectivity index (χ3v) is 4.44. The largest absolute Gasteiger partial charge is 0.384 e. The number of aryl methyl sites for hydroxylation is 1. The van der Waals surface area contributed by atoms with Crippen LogP contribution in [0.1, 0.15) is 18.1 Å². The molecule has 1 fully saturated rings. The number of hydrogen-bond acceptors (Lipinski definition) is 2. The van der Waals surface area contributed by atoms with Gasteiger partial charge in [-0.05, 0) is 24.2 Å². The molecule has 0 bridgehead atoms. The average Bonchev–Trinajstić information content (AvgIpc) is 2.49. The van der Waals surface area contributed by atoms with Crippen LogP contribution in [-0.4, -0.2) is 16.6 Å². The molecule has 1 aromatic carbocycles. The van der Waals surface area contributed by atoms with Crippen LogP contribution in [-0.2, 0) is 5.60 Å². The van der Waals surface area contributed by atoms with Gasteiger partial charge in [0.15, 0.2) is 0 Å². The highest BCUT2D eigenvalue weighted by atomic mass is 32.2. The van der Waals surface area contributed by atoms with E-state index in [9.17, 15) is 5.11 Å². The number of rotatable bonds is 1. The Balaban J connectivity index is 2.34. The molecule has 0 aliphatic carbocycles. The van der Waals surface area contributed by atoms with Crippen molar-refractivity contribution >= 4 is 11.8 Å². The van der Waals surface area contributed by atoms with Crippen molar-refractivity contribution in [3.05, 3.63) is 35.4 Å². The smallest absolute Gasteiger partial charge is 0.102 e. The molecule has 0 spiro atoms. The van der Waals surface area contributed by atoms with Gasteiger partial charge in [0.05, 0.1) is 0 Å². The molecule has 0 saturated carbocycles. The van der Waals surface area contributed by atoms with Gasteiger partial charge in [-0.3, -0.25) is 0 Å². The summed E-state index contributed by atoms with van der Waals surface area (Å²) in [5, 5.41) is 10.5. The Morgan fingerprint density at radius 1 is 1.36 bits per heavy atom. The highest BCUT2D eigenvalue weighted by molar-refractivity contribution is 7.99. The summed E-state index contributed by atoms with van der Waals surface area (Å²) in [5.74, 6) is 2.25. The summed E-state index contributed by atoms with van der Waals surface area (Å²) in [6, 6.07) is 8.25. The molecule has 1 nitrogen and oxygen atoms in total. The Labute approximate surface area is 89.5 Å². The first-order valence-corrected chi connectivity index (χ1v) is 6.15. The van der Waals surface area contributed by atoms with Crippen molar-refractivity contribution in [2.45, 2.75) is 19.4 Å². The first kappa shape index (κ1) is 10.1. The topological polar surface area (TPSA) is 20.2 Å². The lowest BCUT2D eigenvalue weighted by molar-refractivity contribution is 0.0234. The number of thioether (sulfide) groups is 1. The SMILES string of the molecule is Cc1ccc([C@@]2(O)CSC[C@@H]2C)cc1. The molecule has 1 aliphatic heterocycles. The summed E-state index contributed by atoms with van der Waals surface area (Å²) in [4.78, 5) is 0. The van der Waals surface area contributed by atoms with Gasteiger partial charge in [0.1, 0.15) is 5.60 Å². The normalized spacial score (nSPS) is 32.1. The van der Waals surface area contributed by atoms with E-state index >= 15 is 0 Å². The fraction of sp³-hybridized carbons (Fsp3) is 0.500. The molecule has 0 unspecified atom stereocenters.